The molecule has 0 saturated heterocycles. The molecule has 3 heteroatoms. The minimum Gasteiger partial charge on any atom is -0.387 e. The molecule has 0 spiro atoms. The monoisotopic (exact) mass is 296 g/mol. The van der Waals surface area contributed by atoms with E-state index >= 15 is 0 Å². The standard InChI is InChI=1S/C19H24N2O/c22-19-12-2-1-6-14(19)7-3-11-18(19)21-17-10-4-9-16-15(17)8-5-13-20-16/h4-5,8-10,13-14,18,21-22H,1-3,6-7,11-12H2/t14-,18-,19-/m1/s1. The molecule has 2 N–H and O–H groups in total. The van der Waals surface area contributed by atoms with Crippen LogP contribution in [0.25, 0.3) is 10.9 Å². The Morgan fingerprint density at radius 2 is 1.95 bits per heavy atom. The van der Waals surface area contributed by atoms with Crippen molar-refractivity contribution in [1.29, 1.82) is 0 Å². The Morgan fingerprint density at radius 1 is 1.05 bits per heavy atom. The number of fused-ring (bicyclic) bond motifs is 2. The normalized spacial score (nSPS) is 31.7. The van der Waals surface area contributed by atoms with Gasteiger partial charge in [-0.3, -0.25) is 4.98 Å². The van der Waals surface area contributed by atoms with E-state index in [1.54, 1.807) is 0 Å². The zero-order chi connectivity index (χ0) is 15.0. The third kappa shape index (κ3) is 2.28. The van der Waals surface area contributed by atoms with Crippen molar-refractivity contribution in [2.45, 2.75) is 56.6 Å². The zero-order valence-electron chi connectivity index (χ0n) is 13.0. The Bertz CT molecular complexity index is 664. The third-order valence-corrected chi connectivity index (χ3v) is 5.71. The highest BCUT2D eigenvalue weighted by Gasteiger charge is 2.47. The molecule has 2 aliphatic carbocycles. The van der Waals surface area contributed by atoms with Crippen molar-refractivity contribution < 1.29 is 5.11 Å². The summed E-state index contributed by atoms with van der Waals surface area (Å²) in [7, 11) is 0. The van der Waals surface area contributed by atoms with E-state index in [-0.39, 0.29) is 6.04 Å². The number of aliphatic hydroxyl groups is 1. The molecule has 3 nitrogen and oxygen atoms in total. The molecule has 0 bridgehead atoms. The molecule has 3 atom stereocenters. The van der Waals surface area contributed by atoms with Crippen molar-refractivity contribution in [2.24, 2.45) is 5.92 Å². The second-order valence-electron chi connectivity index (χ2n) is 6.94. The lowest BCUT2D eigenvalue weighted by atomic mass is 9.65. The fourth-order valence-corrected chi connectivity index (χ4v) is 4.54. The summed E-state index contributed by atoms with van der Waals surface area (Å²) in [6.45, 7) is 0. The van der Waals surface area contributed by atoms with Crippen LogP contribution in [0.4, 0.5) is 5.69 Å². The van der Waals surface area contributed by atoms with Gasteiger partial charge in [0.25, 0.3) is 0 Å². The van der Waals surface area contributed by atoms with Crippen LogP contribution >= 0.6 is 0 Å². The Kier molecular flexibility index (Phi) is 3.53. The number of benzene rings is 1. The van der Waals surface area contributed by atoms with Gasteiger partial charge in [-0.1, -0.05) is 25.3 Å². The maximum atomic E-state index is 11.3. The molecular weight excluding hydrogens is 272 g/mol. The van der Waals surface area contributed by atoms with Gasteiger partial charge in [0.05, 0.1) is 17.2 Å². The highest BCUT2D eigenvalue weighted by molar-refractivity contribution is 5.91. The van der Waals surface area contributed by atoms with Gasteiger partial charge in [0.15, 0.2) is 0 Å². The number of rotatable bonds is 2. The number of hydrogen-bond acceptors (Lipinski definition) is 3. The number of hydrogen-bond donors (Lipinski definition) is 2. The van der Waals surface area contributed by atoms with Crippen molar-refractivity contribution in [3.63, 3.8) is 0 Å². The van der Waals surface area contributed by atoms with Crippen LogP contribution < -0.4 is 5.32 Å². The summed E-state index contributed by atoms with van der Waals surface area (Å²) in [6, 6.07) is 10.4. The third-order valence-electron chi connectivity index (χ3n) is 5.71. The lowest BCUT2D eigenvalue weighted by Crippen LogP contribution is -2.56. The van der Waals surface area contributed by atoms with E-state index in [1.165, 1.54) is 25.7 Å². The number of nitrogens with one attached hydrogen (secondary N) is 1. The minimum atomic E-state index is -0.527. The summed E-state index contributed by atoms with van der Waals surface area (Å²) in [5.74, 6) is 0.473. The largest absolute Gasteiger partial charge is 0.387 e. The molecule has 22 heavy (non-hydrogen) atoms. The first-order valence-electron chi connectivity index (χ1n) is 8.60. The maximum absolute atomic E-state index is 11.3. The van der Waals surface area contributed by atoms with E-state index in [1.807, 2.05) is 24.4 Å². The van der Waals surface area contributed by atoms with Crippen molar-refractivity contribution in [3.8, 4) is 0 Å². The molecule has 2 aromatic rings. The lowest BCUT2D eigenvalue weighted by Gasteiger charge is -2.49. The first-order chi connectivity index (χ1) is 10.8. The summed E-state index contributed by atoms with van der Waals surface area (Å²) in [6.07, 6.45) is 9.85. The topological polar surface area (TPSA) is 45.1 Å². The summed E-state index contributed by atoms with van der Waals surface area (Å²) in [5, 5.41) is 16.1. The maximum Gasteiger partial charge on any atom is 0.0875 e. The van der Waals surface area contributed by atoms with E-state index in [2.05, 4.69) is 22.4 Å². The Hall–Kier alpha value is -1.61. The predicted octanol–water partition coefficient (Wildman–Crippen LogP) is 4.12. The predicted molar refractivity (Wildman–Crippen MR) is 89.9 cm³/mol. The molecule has 0 amide bonds. The van der Waals surface area contributed by atoms with E-state index in [9.17, 15) is 5.11 Å². The molecule has 1 aromatic heterocycles. The molecule has 2 aliphatic rings. The minimum absolute atomic E-state index is 0.164. The number of pyridine rings is 1. The van der Waals surface area contributed by atoms with Crippen LogP contribution in [0.3, 0.4) is 0 Å². The van der Waals surface area contributed by atoms with Crippen LogP contribution in [0.1, 0.15) is 44.9 Å². The van der Waals surface area contributed by atoms with Crippen LogP contribution in [0.2, 0.25) is 0 Å². The van der Waals surface area contributed by atoms with Crippen LogP contribution in [0, 0.1) is 5.92 Å². The van der Waals surface area contributed by atoms with Crippen LogP contribution in [0.5, 0.6) is 0 Å². The Labute approximate surface area is 131 Å². The van der Waals surface area contributed by atoms with Gasteiger partial charge < -0.3 is 10.4 Å². The summed E-state index contributed by atoms with van der Waals surface area (Å²) in [4.78, 5) is 4.43. The van der Waals surface area contributed by atoms with E-state index in [0.29, 0.717) is 5.92 Å². The van der Waals surface area contributed by atoms with Gasteiger partial charge in [-0.25, -0.2) is 0 Å². The molecule has 116 valence electrons. The van der Waals surface area contributed by atoms with Gasteiger partial charge in [-0.2, -0.15) is 0 Å². The molecule has 1 aromatic carbocycles. The second kappa shape index (κ2) is 5.54. The van der Waals surface area contributed by atoms with Crippen molar-refractivity contribution in [3.05, 3.63) is 36.5 Å². The summed E-state index contributed by atoms with van der Waals surface area (Å²) >= 11 is 0. The molecule has 4 rings (SSSR count). The summed E-state index contributed by atoms with van der Waals surface area (Å²) < 4.78 is 0. The summed E-state index contributed by atoms with van der Waals surface area (Å²) in [5.41, 5.74) is 1.59. The smallest absolute Gasteiger partial charge is 0.0875 e. The number of aromatic nitrogens is 1. The average molecular weight is 296 g/mol. The van der Waals surface area contributed by atoms with Crippen LogP contribution in [0.15, 0.2) is 36.5 Å². The van der Waals surface area contributed by atoms with Gasteiger partial charge in [0, 0.05) is 17.3 Å². The van der Waals surface area contributed by atoms with E-state index in [4.69, 9.17) is 0 Å². The van der Waals surface area contributed by atoms with Crippen LogP contribution in [-0.2, 0) is 0 Å². The van der Waals surface area contributed by atoms with E-state index in [0.717, 1.165) is 35.9 Å². The quantitative estimate of drug-likeness (QED) is 0.876. The van der Waals surface area contributed by atoms with Gasteiger partial charge in [0.1, 0.15) is 0 Å². The fraction of sp³-hybridized carbons (Fsp3) is 0.526. The first-order valence-corrected chi connectivity index (χ1v) is 8.60. The highest BCUT2D eigenvalue weighted by atomic mass is 16.3. The second-order valence-corrected chi connectivity index (χ2v) is 6.94. The average Bonchev–Trinajstić information content (AvgIpc) is 2.56. The zero-order valence-corrected chi connectivity index (χ0v) is 13.0. The van der Waals surface area contributed by atoms with Gasteiger partial charge in [0.2, 0.25) is 0 Å². The number of nitrogens with zero attached hydrogens (tertiary/aromatic N) is 1. The van der Waals surface area contributed by atoms with Crippen LogP contribution in [-0.4, -0.2) is 21.7 Å². The SMILES string of the molecule is O[C@]12CCCC[C@@H]1CCC[C@H]2Nc1cccc2ncccc12. The Balaban J connectivity index is 1.66. The van der Waals surface area contributed by atoms with Crippen molar-refractivity contribution in [1.82, 2.24) is 4.98 Å². The molecule has 0 aliphatic heterocycles. The first kappa shape index (κ1) is 14.0. The molecule has 2 saturated carbocycles. The van der Waals surface area contributed by atoms with Gasteiger partial charge in [-0.15, -0.1) is 0 Å². The van der Waals surface area contributed by atoms with E-state index < -0.39 is 5.60 Å². The fourth-order valence-electron chi connectivity index (χ4n) is 4.54. The molecular formula is C19H24N2O. The van der Waals surface area contributed by atoms with Crippen molar-refractivity contribution >= 4 is 16.6 Å². The van der Waals surface area contributed by atoms with Crippen molar-refractivity contribution in [2.75, 3.05) is 5.32 Å². The Morgan fingerprint density at radius 3 is 2.91 bits per heavy atom. The number of anilines is 1. The van der Waals surface area contributed by atoms with Gasteiger partial charge >= 0.3 is 0 Å². The molecule has 0 radical (unpaired) electrons. The molecule has 1 heterocycles. The molecule has 2 fully saturated rings. The lowest BCUT2D eigenvalue weighted by molar-refractivity contribution is -0.0835. The molecule has 0 unspecified atom stereocenters. The highest BCUT2D eigenvalue weighted by Crippen LogP contribution is 2.45. The van der Waals surface area contributed by atoms with Gasteiger partial charge in [-0.05, 0) is 55.9 Å².